The molecule has 0 fully saturated rings. The van der Waals surface area contributed by atoms with Crippen molar-refractivity contribution in [3.8, 4) is 11.5 Å². The first kappa shape index (κ1) is 19.7. The fraction of sp³-hybridized carbons (Fsp3) is 0.0323. The first-order chi connectivity index (χ1) is 17.3. The van der Waals surface area contributed by atoms with E-state index in [1.54, 1.807) is 0 Å². The fourth-order valence-electron chi connectivity index (χ4n) is 4.78. The van der Waals surface area contributed by atoms with E-state index >= 15 is 0 Å². The molecule has 5 aromatic carbocycles. The quantitative estimate of drug-likeness (QED) is 0.301. The highest BCUT2D eigenvalue weighted by Crippen LogP contribution is 2.35. The number of fused-ring (bicyclic) bond motifs is 4. The summed E-state index contributed by atoms with van der Waals surface area (Å²) in [7, 11) is 0. The number of para-hydroxylation sites is 1. The molecule has 1 aliphatic rings. The van der Waals surface area contributed by atoms with Gasteiger partial charge in [0.2, 0.25) is 5.89 Å². The highest BCUT2D eigenvalue weighted by molar-refractivity contribution is 6.17. The lowest BCUT2D eigenvalue weighted by Crippen LogP contribution is -2.20. The van der Waals surface area contributed by atoms with Crippen molar-refractivity contribution in [2.45, 2.75) is 6.17 Å². The Labute approximate surface area is 202 Å². The molecule has 1 aliphatic heterocycles. The van der Waals surface area contributed by atoms with Crippen LogP contribution in [-0.2, 0) is 0 Å². The average molecular weight is 452 g/mol. The van der Waals surface area contributed by atoms with Crippen LogP contribution in [0, 0.1) is 0 Å². The molecular weight excluding hydrogens is 430 g/mol. The number of aliphatic imine (C=N–C) groups is 1. The Hall–Kier alpha value is -4.70. The number of benzene rings is 5. The second-order valence-electron chi connectivity index (χ2n) is 8.71. The van der Waals surface area contributed by atoms with Gasteiger partial charge in [-0.25, -0.2) is 4.98 Å². The van der Waals surface area contributed by atoms with Gasteiger partial charge in [0, 0.05) is 27.8 Å². The van der Waals surface area contributed by atoms with Gasteiger partial charge in [0.25, 0.3) is 0 Å². The molecule has 7 rings (SSSR count). The topological polar surface area (TPSA) is 50.4 Å². The maximum absolute atomic E-state index is 6.11. The Kier molecular flexibility index (Phi) is 4.49. The third-order valence-electron chi connectivity index (χ3n) is 6.52. The molecule has 166 valence electrons. The van der Waals surface area contributed by atoms with Crippen molar-refractivity contribution in [2.24, 2.45) is 4.99 Å². The number of oxazole rings is 1. The molecule has 4 heteroatoms. The Bertz CT molecular complexity index is 1720. The Morgan fingerprint density at radius 2 is 1.40 bits per heavy atom. The molecule has 35 heavy (non-hydrogen) atoms. The molecule has 1 atom stereocenters. The summed E-state index contributed by atoms with van der Waals surface area (Å²) in [6.07, 6.45) is -0.208. The standard InChI is InChI=1S/C31H21N3O/c1-3-9-21(10-4-1)28-24-13-7-8-14-26(24)32-30(33-28)23-16-15-20-17-18-27-29(25(20)19-23)34-31(35-27)22-11-5-2-6-12-22/h1-19,30,32H. The van der Waals surface area contributed by atoms with E-state index in [1.165, 1.54) is 0 Å². The number of hydrogen-bond donors (Lipinski definition) is 1. The number of rotatable bonds is 3. The van der Waals surface area contributed by atoms with Crippen LogP contribution in [0.4, 0.5) is 5.69 Å². The van der Waals surface area contributed by atoms with E-state index in [9.17, 15) is 0 Å². The summed E-state index contributed by atoms with van der Waals surface area (Å²) >= 11 is 0. The predicted octanol–water partition coefficient (Wildman–Crippen LogP) is 7.61. The first-order valence-corrected chi connectivity index (χ1v) is 11.7. The molecule has 1 unspecified atom stereocenters. The normalized spacial score (nSPS) is 15.0. The molecule has 1 aromatic heterocycles. The summed E-state index contributed by atoms with van der Waals surface area (Å²) < 4.78 is 6.11. The van der Waals surface area contributed by atoms with E-state index in [1.807, 2.05) is 42.5 Å². The Morgan fingerprint density at radius 1 is 0.686 bits per heavy atom. The molecule has 0 amide bonds. The number of nitrogens with zero attached hydrogens (tertiary/aromatic N) is 2. The number of hydrogen-bond acceptors (Lipinski definition) is 4. The van der Waals surface area contributed by atoms with E-state index in [0.29, 0.717) is 5.89 Å². The van der Waals surface area contributed by atoms with Crippen molar-refractivity contribution in [1.82, 2.24) is 4.98 Å². The number of nitrogens with one attached hydrogen (secondary N) is 1. The highest BCUT2D eigenvalue weighted by atomic mass is 16.3. The molecule has 1 N–H and O–H groups in total. The zero-order chi connectivity index (χ0) is 23.2. The number of anilines is 1. The van der Waals surface area contributed by atoms with Gasteiger partial charge in [-0.1, -0.05) is 84.9 Å². The predicted molar refractivity (Wildman–Crippen MR) is 142 cm³/mol. The van der Waals surface area contributed by atoms with Crippen molar-refractivity contribution >= 4 is 33.3 Å². The molecule has 0 radical (unpaired) electrons. The van der Waals surface area contributed by atoms with Crippen LogP contribution in [0.1, 0.15) is 22.9 Å². The van der Waals surface area contributed by atoms with Gasteiger partial charge in [-0.05, 0) is 41.3 Å². The third-order valence-corrected chi connectivity index (χ3v) is 6.52. The van der Waals surface area contributed by atoms with Crippen LogP contribution in [0.15, 0.2) is 125 Å². The Balaban J connectivity index is 1.37. The maximum atomic E-state index is 6.11. The van der Waals surface area contributed by atoms with Crippen LogP contribution < -0.4 is 5.32 Å². The van der Waals surface area contributed by atoms with Crippen molar-refractivity contribution < 1.29 is 4.42 Å². The van der Waals surface area contributed by atoms with Crippen molar-refractivity contribution in [2.75, 3.05) is 5.32 Å². The molecule has 6 aromatic rings. The summed E-state index contributed by atoms with van der Waals surface area (Å²) in [5.41, 5.74) is 8.00. The zero-order valence-electron chi connectivity index (χ0n) is 18.8. The van der Waals surface area contributed by atoms with E-state index < -0.39 is 0 Å². The summed E-state index contributed by atoms with van der Waals surface area (Å²) in [6.45, 7) is 0. The van der Waals surface area contributed by atoms with Crippen molar-refractivity contribution in [3.05, 3.63) is 132 Å². The van der Waals surface area contributed by atoms with Crippen molar-refractivity contribution in [1.29, 1.82) is 0 Å². The second kappa shape index (κ2) is 7.96. The van der Waals surface area contributed by atoms with E-state index in [2.05, 4.69) is 78.1 Å². The van der Waals surface area contributed by atoms with Gasteiger partial charge in [-0.15, -0.1) is 0 Å². The molecule has 0 saturated carbocycles. The highest BCUT2D eigenvalue weighted by Gasteiger charge is 2.23. The van der Waals surface area contributed by atoms with E-state index in [0.717, 1.165) is 55.5 Å². The summed E-state index contributed by atoms with van der Waals surface area (Å²) in [5, 5.41) is 5.81. The summed E-state index contributed by atoms with van der Waals surface area (Å²) in [4.78, 5) is 10.0. The zero-order valence-corrected chi connectivity index (χ0v) is 18.8. The molecular formula is C31H21N3O. The minimum atomic E-state index is -0.208. The first-order valence-electron chi connectivity index (χ1n) is 11.7. The van der Waals surface area contributed by atoms with Crippen LogP contribution in [0.2, 0.25) is 0 Å². The molecule has 0 spiro atoms. The minimum Gasteiger partial charge on any atom is -0.436 e. The van der Waals surface area contributed by atoms with Crippen LogP contribution >= 0.6 is 0 Å². The van der Waals surface area contributed by atoms with Gasteiger partial charge in [-0.3, -0.25) is 4.99 Å². The SMILES string of the molecule is c1ccc(C2=NC(c3ccc4ccc5oc(-c6ccccc6)nc5c4c3)Nc3ccccc32)cc1. The van der Waals surface area contributed by atoms with E-state index in [4.69, 9.17) is 14.4 Å². The van der Waals surface area contributed by atoms with Crippen LogP contribution in [0.5, 0.6) is 0 Å². The van der Waals surface area contributed by atoms with Crippen LogP contribution in [-0.4, -0.2) is 10.7 Å². The lowest BCUT2D eigenvalue weighted by atomic mass is 9.97. The fourth-order valence-corrected chi connectivity index (χ4v) is 4.78. The molecule has 0 saturated heterocycles. The molecule has 0 bridgehead atoms. The molecule has 2 heterocycles. The van der Waals surface area contributed by atoms with Gasteiger partial charge < -0.3 is 9.73 Å². The average Bonchev–Trinajstić information content (AvgIpc) is 3.38. The molecule has 4 nitrogen and oxygen atoms in total. The smallest absolute Gasteiger partial charge is 0.227 e. The minimum absolute atomic E-state index is 0.208. The van der Waals surface area contributed by atoms with Gasteiger partial charge in [-0.2, -0.15) is 0 Å². The monoisotopic (exact) mass is 451 g/mol. The van der Waals surface area contributed by atoms with Crippen LogP contribution in [0.3, 0.4) is 0 Å². The summed E-state index contributed by atoms with van der Waals surface area (Å²) in [6, 6.07) is 39.3. The molecule has 0 aliphatic carbocycles. The van der Waals surface area contributed by atoms with Crippen LogP contribution in [0.25, 0.3) is 33.3 Å². The van der Waals surface area contributed by atoms with Gasteiger partial charge >= 0.3 is 0 Å². The second-order valence-corrected chi connectivity index (χ2v) is 8.71. The van der Waals surface area contributed by atoms with Gasteiger partial charge in [0.15, 0.2) is 5.58 Å². The lowest BCUT2D eigenvalue weighted by Gasteiger charge is -2.26. The van der Waals surface area contributed by atoms with E-state index in [-0.39, 0.29) is 6.17 Å². The Morgan fingerprint density at radius 3 is 2.23 bits per heavy atom. The largest absolute Gasteiger partial charge is 0.436 e. The third kappa shape index (κ3) is 3.39. The van der Waals surface area contributed by atoms with Crippen molar-refractivity contribution in [3.63, 3.8) is 0 Å². The van der Waals surface area contributed by atoms with Gasteiger partial charge in [0.05, 0.1) is 5.71 Å². The number of aromatic nitrogens is 1. The lowest BCUT2D eigenvalue weighted by molar-refractivity contribution is 0.620. The summed E-state index contributed by atoms with van der Waals surface area (Å²) in [5.74, 6) is 0.632. The van der Waals surface area contributed by atoms with Gasteiger partial charge in [0.1, 0.15) is 11.7 Å². The maximum Gasteiger partial charge on any atom is 0.227 e.